The molecule has 0 aromatic heterocycles. The molecule has 0 bridgehead atoms. The zero-order chi connectivity index (χ0) is 10.2. The minimum absolute atomic E-state index is 0.170. The molecule has 0 saturated carbocycles. The van der Waals surface area contributed by atoms with Crippen LogP contribution in [0.15, 0.2) is 18.2 Å². The van der Waals surface area contributed by atoms with Gasteiger partial charge in [-0.1, -0.05) is 12.1 Å². The van der Waals surface area contributed by atoms with E-state index in [0.29, 0.717) is 0 Å². The van der Waals surface area contributed by atoms with Crippen LogP contribution in [0.3, 0.4) is 0 Å². The zero-order valence-corrected chi connectivity index (χ0v) is 8.63. The first-order valence-electron chi connectivity index (χ1n) is 4.80. The summed E-state index contributed by atoms with van der Waals surface area (Å²) in [4.78, 5) is 0. The predicted molar refractivity (Wildman–Crippen MR) is 56.5 cm³/mol. The zero-order valence-electron chi connectivity index (χ0n) is 8.63. The molecule has 2 rings (SSSR count). The standard InChI is InChI=1S/C11H16N2O/c1-8-5-9(3-4-10(8)14-2)11(12)6-13-7-11/h3-5,13H,6-7,12H2,1-2H3. The second-order valence-corrected chi connectivity index (χ2v) is 3.94. The largest absolute Gasteiger partial charge is 0.496 e. The number of nitrogens with one attached hydrogen (secondary N) is 1. The van der Waals surface area contributed by atoms with E-state index in [1.807, 2.05) is 19.1 Å². The highest BCUT2D eigenvalue weighted by Gasteiger charge is 2.34. The highest BCUT2D eigenvalue weighted by Crippen LogP contribution is 2.27. The minimum Gasteiger partial charge on any atom is -0.496 e. The summed E-state index contributed by atoms with van der Waals surface area (Å²) in [6, 6.07) is 6.14. The third-order valence-electron chi connectivity index (χ3n) is 2.85. The average molecular weight is 192 g/mol. The Morgan fingerprint density at radius 3 is 2.57 bits per heavy atom. The molecule has 3 N–H and O–H groups in total. The van der Waals surface area contributed by atoms with E-state index in [1.54, 1.807) is 7.11 Å². The molecule has 1 saturated heterocycles. The third kappa shape index (κ3) is 1.38. The number of ether oxygens (including phenoxy) is 1. The molecule has 76 valence electrons. The van der Waals surface area contributed by atoms with Crippen molar-refractivity contribution in [2.75, 3.05) is 20.2 Å². The molecule has 1 aliphatic rings. The smallest absolute Gasteiger partial charge is 0.121 e. The van der Waals surface area contributed by atoms with Gasteiger partial charge in [0.05, 0.1) is 12.6 Å². The van der Waals surface area contributed by atoms with Crippen molar-refractivity contribution in [3.63, 3.8) is 0 Å². The lowest BCUT2D eigenvalue weighted by Gasteiger charge is -2.39. The van der Waals surface area contributed by atoms with Crippen LogP contribution in [0.25, 0.3) is 0 Å². The van der Waals surface area contributed by atoms with Gasteiger partial charge in [-0.2, -0.15) is 0 Å². The van der Waals surface area contributed by atoms with Crippen molar-refractivity contribution >= 4 is 0 Å². The van der Waals surface area contributed by atoms with Crippen LogP contribution in [0.4, 0.5) is 0 Å². The summed E-state index contributed by atoms with van der Waals surface area (Å²) >= 11 is 0. The predicted octanol–water partition coefficient (Wildman–Crippen LogP) is 0.761. The second kappa shape index (κ2) is 3.26. The maximum atomic E-state index is 6.18. The van der Waals surface area contributed by atoms with Gasteiger partial charge < -0.3 is 15.8 Å². The van der Waals surface area contributed by atoms with E-state index in [9.17, 15) is 0 Å². The summed E-state index contributed by atoms with van der Waals surface area (Å²) in [6.45, 7) is 3.76. The Labute approximate surface area is 84.3 Å². The van der Waals surface area contributed by atoms with Gasteiger partial charge in [-0.05, 0) is 24.1 Å². The van der Waals surface area contributed by atoms with Crippen molar-refractivity contribution in [1.82, 2.24) is 5.32 Å². The highest BCUT2D eigenvalue weighted by molar-refractivity contribution is 5.40. The molecule has 1 aliphatic heterocycles. The van der Waals surface area contributed by atoms with Crippen LogP contribution >= 0.6 is 0 Å². The van der Waals surface area contributed by atoms with Crippen LogP contribution in [0.2, 0.25) is 0 Å². The first-order valence-corrected chi connectivity index (χ1v) is 4.80. The van der Waals surface area contributed by atoms with E-state index in [-0.39, 0.29) is 5.54 Å². The number of methoxy groups -OCH3 is 1. The maximum absolute atomic E-state index is 6.18. The lowest BCUT2D eigenvalue weighted by atomic mass is 9.84. The topological polar surface area (TPSA) is 47.3 Å². The fourth-order valence-electron chi connectivity index (χ4n) is 1.79. The molecule has 1 heterocycles. The molecule has 0 spiro atoms. The van der Waals surface area contributed by atoms with Gasteiger partial charge in [0.15, 0.2) is 0 Å². The van der Waals surface area contributed by atoms with Crippen molar-refractivity contribution in [2.24, 2.45) is 5.73 Å². The first kappa shape index (κ1) is 9.49. The minimum atomic E-state index is -0.170. The van der Waals surface area contributed by atoms with Crippen LogP contribution < -0.4 is 15.8 Å². The van der Waals surface area contributed by atoms with Crippen LogP contribution in [0.1, 0.15) is 11.1 Å². The summed E-state index contributed by atoms with van der Waals surface area (Å²) in [5.74, 6) is 0.921. The number of aryl methyl sites for hydroxylation is 1. The molecule has 14 heavy (non-hydrogen) atoms. The summed E-state index contributed by atoms with van der Waals surface area (Å²) < 4.78 is 5.21. The van der Waals surface area contributed by atoms with Crippen molar-refractivity contribution in [2.45, 2.75) is 12.5 Å². The summed E-state index contributed by atoms with van der Waals surface area (Å²) in [5.41, 5.74) is 8.34. The number of hydrogen-bond acceptors (Lipinski definition) is 3. The van der Waals surface area contributed by atoms with E-state index in [4.69, 9.17) is 10.5 Å². The molecular weight excluding hydrogens is 176 g/mol. The van der Waals surface area contributed by atoms with E-state index >= 15 is 0 Å². The molecule has 0 atom stereocenters. The van der Waals surface area contributed by atoms with Crippen LogP contribution in [0.5, 0.6) is 5.75 Å². The molecule has 0 amide bonds. The van der Waals surface area contributed by atoms with Crippen molar-refractivity contribution in [3.8, 4) is 5.75 Å². The van der Waals surface area contributed by atoms with Crippen LogP contribution in [0, 0.1) is 6.92 Å². The third-order valence-corrected chi connectivity index (χ3v) is 2.85. The number of rotatable bonds is 2. The van der Waals surface area contributed by atoms with Crippen LogP contribution in [-0.2, 0) is 5.54 Å². The van der Waals surface area contributed by atoms with Gasteiger partial charge in [-0.15, -0.1) is 0 Å². The Bertz CT molecular complexity index is 345. The Morgan fingerprint density at radius 2 is 2.14 bits per heavy atom. The molecule has 1 aromatic carbocycles. The molecule has 1 aromatic rings. The Kier molecular flexibility index (Phi) is 2.21. The van der Waals surface area contributed by atoms with Gasteiger partial charge in [0.25, 0.3) is 0 Å². The van der Waals surface area contributed by atoms with Crippen molar-refractivity contribution < 1.29 is 4.74 Å². The fraction of sp³-hybridized carbons (Fsp3) is 0.455. The Balaban J connectivity index is 2.32. The van der Waals surface area contributed by atoms with E-state index < -0.39 is 0 Å². The molecule has 0 radical (unpaired) electrons. The SMILES string of the molecule is COc1ccc(C2(N)CNC2)cc1C. The van der Waals surface area contributed by atoms with Crippen LogP contribution in [-0.4, -0.2) is 20.2 Å². The fourth-order valence-corrected chi connectivity index (χ4v) is 1.79. The lowest BCUT2D eigenvalue weighted by molar-refractivity contribution is 0.286. The number of hydrogen-bond donors (Lipinski definition) is 2. The highest BCUT2D eigenvalue weighted by atomic mass is 16.5. The van der Waals surface area contributed by atoms with Gasteiger partial charge in [0.1, 0.15) is 5.75 Å². The van der Waals surface area contributed by atoms with Crippen molar-refractivity contribution in [1.29, 1.82) is 0 Å². The van der Waals surface area contributed by atoms with E-state index in [0.717, 1.165) is 24.4 Å². The van der Waals surface area contributed by atoms with E-state index in [2.05, 4.69) is 11.4 Å². The summed E-state index contributed by atoms with van der Waals surface area (Å²) in [7, 11) is 1.69. The van der Waals surface area contributed by atoms with Gasteiger partial charge in [-0.25, -0.2) is 0 Å². The maximum Gasteiger partial charge on any atom is 0.121 e. The second-order valence-electron chi connectivity index (χ2n) is 3.94. The number of benzene rings is 1. The van der Waals surface area contributed by atoms with Gasteiger partial charge in [-0.3, -0.25) is 0 Å². The van der Waals surface area contributed by atoms with Gasteiger partial charge >= 0.3 is 0 Å². The van der Waals surface area contributed by atoms with Gasteiger partial charge in [0.2, 0.25) is 0 Å². The van der Waals surface area contributed by atoms with Crippen molar-refractivity contribution in [3.05, 3.63) is 29.3 Å². The lowest BCUT2D eigenvalue weighted by Crippen LogP contribution is -2.62. The molecule has 3 heteroatoms. The molecule has 1 fully saturated rings. The Hall–Kier alpha value is -1.06. The molecular formula is C11H16N2O. The summed E-state index contributed by atoms with van der Waals surface area (Å²) in [6.07, 6.45) is 0. The van der Waals surface area contributed by atoms with Gasteiger partial charge in [0, 0.05) is 13.1 Å². The number of nitrogens with two attached hydrogens (primary N) is 1. The molecule has 0 aliphatic carbocycles. The monoisotopic (exact) mass is 192 g/mol. The van der Waals surface area contributed by atoms with E-state index in [1.165, 1.54) is 5.56 Å². The average Bonchev–Trinajstić information content (AvgIpc) is 2.14. The Morgan fingerprint density at radius 1 is 1.43 bits per heavy atom. The first-order chi connectivity index (χ1) is 6.65. The summed E-state index contributed by atoms with van der Waals surface area (Å²) in [5, 5.41) is 3.19. The molecule has 0 unspecified atom stereocenters. The quantitative estimate of drug-likeness (QED) is 0.727. The molecule has 3 nitrogen and oxygen atoms in total. The normalized spacial score (nSPS) is 18.8.